The Labute approximate surface area is 153 Å². The summed E-state index contributed by atoms with van der Waals surface area (Å²) in [6, 6.07) is 18.6. The average Bonchev–Trinajstić information content (AvgIpc) is 2.67. The number of pyridine rings is 1. The molecule has 2 aromatic carbocycles. The highest BCUT2D eigenvalue weighted by atomic mass is 32.2. The van der Waals surface area contributed by atoms with Gasteiger partial charge in [-0.2, -0.15) is 8.42 Å². The number of benzene rings is 2. The quantitative estimate of drug-likeness (QED) is 0.655. The van der Waals surface area contributed by atoms with Crippen molar-refractivity contribution < 1.29 is 13.2 Å². The van der Waals surface area contributed by atoms with Crippen LogP contribution in [0.15, 0.2) is 77.4 Å². The Bertz CT molecular complexity index is 1010. The van der Waals surface area contributed by atoms with E-state index in [9.17, 15) is 8.42 Å². The number of hydrogen-bond donors (Lipinski definition) is 0. The summed E-state index contributed by atoms with van der Waals surface area (Å²) in [7, 11) is -0.934. The van der Waals surface area contributed by atoms with Gasteiger partial charge in [-0.3, -0.25) is 4.98 Å². The van der Waals surface area contributed by atoms with Crippen LogP contribution in [0.25, 0.3) is 0 Å². The lowest BCUT2D eigenvalue weighted by Gasteiger charge is -2.26. The number of nitrogens with zero attached hydrogens (tertiary/aromatic N) is 3. The van der Waals surface area contributed by atoms with E-state index in [0.29, 0.717) is 23.7 Å². The van der Waals surface area contributed by atoms with Gasteiger partial charge in [-0.15, -0.1) is 4.36 Å². The van der Waals surface area contributed by atoms with Gasteiger partial charge in [0, 0.05) is 23.6 Å². The lowest BCUT2D eigenvalue weighted by atomic mass is 10.1. The second kappa shape index (κ2) is 8.26. The molecule has 0 saturated carbocycles. The molecule has 0 spiro atoms. The van der Waals surface area contributed by atoms with Crippen LogP contribution in [0, 0.1) is 0 Å². The fraction of sp³-hybridized carbons (Fsp3) is 0.105. The number of methoxy groups -OCH3 is 1. The van der Waals surface area contributed by atoms with Crippen molar-refractivity contribution in [3.8, 4) is 5.75 Å². The second-order valence-electron chi connectivity index (χ2n) is 5.41. The van der Waals surface area contributed by atoms with Crippen LogP contribution in [0.3, 0.4) is 0 Å². The molecule has 0 unspecified atom stereocenters. The molecule has 6 nitrogen and oxygen atoms in total. The van der Waals surface area contributed by atoms with Crippen LogP contribution in [0.1, 0.15) is 5.56 Å². The fourth-order valence-electron chi connectivity index (χ4n) is 2.68. The Kier molecular flexibility index (Phi) is 5.60. The summed E-state index contributed by atoms with van der Waals surface area (Å²) in [6.07, 6.45) is 3.40. The van der Waals surface area contributed by atoms with Crippen molar-refractivity contribution in [2.75, 3.05) is 12.0 Å². The van der Waals surface area contributed by atoms with E-state index in [2.05, 4.69) is 9.35 Å². The molecular weight excluding hydrogens is 350 g/mol. The molecule has 0 atom stereocenters. The molecule has 0 aliphatic carbocycles. The number of aromatic nitrogens is 1. The Morgan fingerprint density at radius 2 is 1.77 bits per heavy atom. The van der Waals surface area contributed by atoms with Crippen LogP contribution in [0.4, 0.5) is 17.1 Å². The Balaban J connectivity index is 2.13. The third-order valence-corrected chi connectivity index (χ3v) is 4.17. The highest BCUT2D eigenvalue weighted by molar-refractivity contribution is 7.61. The predicted molar refractivity (Wildman–Crippen MR) is 101 cm³/mol. The summed E-state index contributed by atoms with van der Waals surface area (Å²) < 4.78 is 31.4. The maximum Gasteiger partial charge on any atom is 0.316 e. The monoisotopic (exact) mass is 367 g/mol. The maximum absolute atomic E-state index is 11.1. The standard InChI is InChI=1S/C19H17N3O3S/c1-25-19-11-12-20-13-15(19)14-22(16-7-3-2-4-8-16)18-10-6-5-9-17(18)21-26(23)24/h2-13H,14H2,1H3. The van der Waals surface area contributed by atoms with Crippen molar-refractivity contribution in [2.24, 2.45) is 4.36 Å². The molecular formula is C19H17N3O3S. The number of hydrogen-bond acceptors (Lipinski definition) is 6. The third kappa shape index (κ3) is 4.07. The van der Waals surface area contributed by atoms with Gasteiger partial charge in [0.05, 0.1) is 19.3 Å². The molecule has 0 fully saturated rings. The highest BCUT2D eigenvalue weighted by Crippen LogP contribution is 2.36. The van der Waals surface area contributed by atoms with Crippen molar-refractivity contribution >= 4 is 27.6 Å². The molecule has 7 heteroatoms. The van der Waals surface area contributed by atoms with Gasteiger partial charge in [0.2, 0.25) is 0 Å². The van der Waals surface area contributed by atoms with E-state index in [1.54, 1.807) is 37.7 Å². The van der Waals surface area contributed by atoms with Crippen molar-refractivity contribution in [1.29, 1.82) is 0 Å². The molecule has 3 rings (SSSR count). The van der Waals surface area contributed by atoms with E-state index in [1.807, 2.05) is 47.4 Å². The third-order valence-electron chi connectivity index (χ3n) is 3.82. The SMILES string of the molecule is COc1ccncc1CN(c1ccccc1)c1ccccc1N=S(=O)=O. The summed E-state index contributed by atoms with van der Waals surface area (Å²) in [6.45, 7) is 0.444. The van der Waals surface area contributed by atoms with Crippen molar-refractivity contribution in [1.82, 2.24) is 4.98 Å². The van der Waals surface area contributed by atoms with Crippen LogP contribution in [0.2, 0.25) is 0 Å². The smallest absolute Gasteiger partial charge is 0.316 e. The van der Waals surface area contributed by atoms with Crippen molar-refractivity contribution in [2.45, 2.75) is 6.54 Å². The molecule has 3 aromatic rings. The van der Waals surface area contributed by atoms with Crippen molar-refractivity contribution in [3.63, 3.8) is 0 Å². The highest BCUT2D eigenvalue weighted by Gasteiger charge is 2.16. The minimum absolute atomic E-state index is 0.368. The molecule has 26 heavy (non-hydrogen) atoms. The van der Waals surface area contributed by atoms with E-state index < -0.39 is 10.5 Å². The first-order chi connectivity index (χ1) is 12.7. The first kappa shape index (κ1) is 17.6. The normalized spacial score (nSPS) is 10.2. The molecule has 0 saturated heterocycles. The largest absolute Gasteiger partial charge is 0.496 e. The first-order valence-corrected chi connectivity index (χ1v) is 8.92. The van der Waals surface area contributed by atoms with Gasteiger partial charge in [0.15, 0.2) is 0 Å². The number of anilines is 2. The zero-order chi connectivity index (χ0) is 18.4. The molecule has 0 bridgehead atoms. The summed E-state index contributed by atoms with van der Waals surface area (Å²) >= 11 is 0. The van der Waals surface area contributed by atoms with Crippen molar-refractivity contribution in [3.05, 3.63) is 78.6 Å². The lowest BCUT2D eigenvalue weighted by Crippen LogP contribution is -2.17. The summed E-state index contributed by atoms with van der Waals surface area (Å²) in [4.78, 5) is 6.15. The van der Waals surface area contributed by atoms with Gasteiger partial charge in [-0.05, 0) is 30.3 Å². The summed E-state index contributed by atoms with van der Waals surface area (Å²) in [5.41, 5.74) is 2.82. The molecule has 0 N–H and O–H groups in total. The molecule has 1 aromatic heterocycles. The molecule has 132 valence electrons. The van der Waals surface area contributed by atoms with Gasteiger partial charge >= 0.3 is 10.5 Å². The Hall–Kier alpha value is -3.19. The van der Waals surface area contributed by atoms with Crippen LogP contribution in [-0.4, -0.2) is 20.5 Å². The average molecular weight is 367 g/mol. The lowest BCUT2D eigenvalue weighted by molar-refractivity contribution is 0.409. The Morgan fingerprint density at radius 3 is 2.50 bits per heavy atom. The van der Waals surface area contributed by atoms with E-state index in [4.69, 9.17) is 4.74 Å². The first-order valence-electron chi connectivity index (χ1n) is 7.88. The molecule has 0 aliphatic heterocycles. The minimum Gasteiger partial charge on any atom is -0.496 e. The van der Waals surface area contributed by atoms with E-state index in [1.165, 1.54) is 0 Å². The van der Waals surface area contributed by atoms with Gasteiger partial charge in [0.1, 0.15) is 11.4 Å². The molecule has 0 aliphatic rings. The van der Waals surface area contributed by atoms with Gasteiger partial charge in [-0.1, -0.05) is 30.3 Å². The Morgan fingerprint density at radius 1 is 1.04 bits per heavy atom. The van der Waals surface area contributed by atoms with E-state index >= 15 is 0 Å². The number of rotatable bonds is 6. The van der Waals surface area contributed by atoms with Crippen LogP contribution in [-0.2, 0) is 17.0 Å². The molecule has 1 heterocycles. The topological polar surface area (TPSA) is 71.9 Å². The molecule has 0 radical (unpaired) electrons. The van der Waals surface area contributed by atoms with Crippen LogP contribution < -0.4 is 9.64 Å². The summed E-state index contributed by atoms with van der Waals surface area (Å²) in [5.74, 6) is 0.711. The van der Waals surface area contributed by atoms with Gasteiger partial charge < -0.3 is 9.64 Å². The predicted octanol–water partition coefficient (Wildman–Crippen LogP) is 4.12. The zero-order valence-electron chi connectivity index (χ0n) is 14.1. The molecule has 0 amide bonds. The van der Waals surface area contributed by atoms with E-state index in [-0.39, 0.29) is 0 Å². The van der Waals surface area contributed by atoms with Crippen LogP contribution >= 0.6 is 0 Å². The maximum atomic E-state index is 11.1. The van der Waals surface area contributed by atoms with Gasteiger partial charge in [-0.25, -0.2) is 0 Å². The summed E-state index contributed by atoms with van der Waals surface area (Å²) in [5, 5.41) is 0. The van der Waals surface area contributed by atoms with Gasteiger partial charge in [0.25, 0.3) is 0 Å². The fourth-order valence-corrected chi connectivity index (χ4v) is 2.99. The number of ether oxygens (including phenoxy) is 1. The zero-order valence-corrected chi connectivity index (χ0v) is 14.9. The minimum atomic E-state index is -2.54. The van der Waals surface area contributed by atoms with E-state index in [0.717, 1.165) is 11.3 Å². The second-order valence-corrected chi connectivity index (χ2v) is 6.02. The van der Waals surface area contributed by atoms with Crippen LogP contribution in [0.5, 0.6) is 5.75 Å². The number of para-hydroxylation sites is 2.